The Labute approximate surface area is 68.2 Å². The van der Waals surface area contributed by atoms with Gasteiger partial charge in [0, 0.05) is 11.0 Å². The lowest BCUT2D eigenvalue weighted by Gasteiger charge is -2.17. The number of aliphatic carboxylic acids is 1. The molecule has 1 fully saturated rings. The summed E-state index contributed by atoms with van der Waals surface area (Å²) in [5.74, 6) is 0.515. The third-order valence-electron chi connectivity index (χ3n) is 1.36. The fraction of sp³-hybridized carbons (Fsp3) is 0.833. The maximum Gasteiger partial charge on any atom is 0.304 e. The summed E-state index contributed by atoms with van der Waals surface area (Å²) in [7, 11) is 3.53. The smallest absolute Gasteiger partial charge is 0.304 e. The van der Waals surface area contributed by atoms with Gasteiger partial charge in [0.15, 0.2) is 0 Å². The molecule has 1 unspecified atom stereocenters. The minimum atomic E-state index is -0.667. The van der Waals surface area contributed by atoms with Crippen molar-refractivity contribution in [3.05, 3.63) is 0 Å². The van der Waals surface area contributed by atoms with E-state index in [-0.39, 0.29) is 0 Å². The summed E-state index contributed by atoms with van der Waals surface area (Å²) in [5, 5.41) is 8.80. The van der Waals surface area contributed by atoms with Gasteiger partial charge in [0.1, 0.15) is 0 Å². The van der Waals surface area contributed by atoms with Gasteiger partial charge < -0.3 is 5.11 Å². The van der Waals surface area contributed by atoms with E-state index in [9.17, 15) is 4.79 Å². The molecule has 2 nitrogen and oxygen atoms in total. The quantitative estimate of drug-likeness (QED) is 0.656. The van der Waals surface area contributed by atoms with Crippen molar-refractivity contribution >= 4 is 27.6 Å². The molecule has 0 radical (unpaired) electrons. The number of carboxylic acid groups (broad SMARTS) is 1. The van der Waals surface area contributed by atoms with Crippen LogP contribution in [0, 0.1) is 0 Å². The summed E-state index contributed by atoms with van der Waals surface area (Å²) in [6.45, 7) is 0. The lowest BCUT2D eigenvalue weighted by Crippen LogP contribution is -2.11. The van der Waals surface area contributed by atoms with E-state index in [2.05, 4.69) is 0 Å². The van der Waals surface area contributed by atoms with Crippen LogP contribution < -0.4 is 0 Å². The zero-order valence-corrected chi connectivity index (χ0v) is 7.21. The van der Waals surface area contributed by atoms with Gasteiger partial charge >= 0.3 is 5.97 Å². The second kappa shape index (κ2) is 4.13. The van der Waals surface area contributed by atoms with Gasteiger partial charge in [0.2, 0.25) is 0 Å². The van der Waals surface area contributed by atoms with Crippen molar-refractivity contribution in [3.8, 4) is 0 Å². The Kier molecular flexibility index (Phi) is 3.42. The first-order valence-electron chi connectivity index (χ1n) is 3.29. The molecule has 58 valence electrons. The van der Waals surface area contributed by atoms with Crippen molar-refractivity contribution in [3.63, 3.8) is 0 Å². The van der Waals surface area contributed by atoms with Crippen molar-refractivity contribution < 1.29 is 9.90 Å². The molecule has 10 heavy (non-hydrogen) atoms. The van der Waals surface area contributed by atoms with Crippen LogP contribution >= 0.6 is 21.6 Å². The molecule has 0 bridgehead atoms. The highest BCUT2D eigenvalue weighted by atomic mass is 33.1. The molecule has 0 aromatic carbocycles. The van der Waals surface area contributed by atoms with Crippen LogP contribution in [0.5, 0.6) is 0 Å². The molecule has 0 amide bonds. The Morgan fingerprint density at radius 1 is 1.70 bits per heavy atom. The molecular weight excluding hydrogens is 168 g/mol. The van der Waals surface area contributed by atoms with Crippen molar-refractivity contribution in [1.82, 2.24) is 0 Å². The topological polar surface area (TPSA) is 37.3 Å². The van der Waals surface area contributed by atoms with Crippen molar-refractivity contribution in [2.45, 2.75) is 24.5 Å². The normalized spacial score (nSPS) is 26.2. The number of hydrogen-bond acceptors (Lipinski definition) is 3. The molecule has 1 atom stereocenters. The zero-order chi connectivity index (χ0) is 7.40. The number of carbonyl (C=O) groups is 1. The molecular formula is C6H10O2S2. The second-order valence-electron chi connectivity index (χ2n) is 2.28. The molecule has 1 heterocycles. The van der Waals surface area contributed by atoms with Crippen LogP contribution in [0.3, 0.4) is 0 Å². The van der Waals surface area contributed by atoms with E-state index in [1.165, 1.54) is 12.2 Å². The lowest BCUT2D eigenvalue weighted by atomic mass is 10.2. The van der Waals surface area contributed by atoms with Crippen molar-refractivity contribution in [2.24, 2.45) is 0 Å². The van der Waals surface area contributed by atoms with Crippen LogP contribution in [0.4, 0.5) is 0 Å². The summed E-state index contributed by atoms with van der Waals surface area (Å²) in [4.78, 5) is 10.2. The van der Waals surface area contributed by atoms with Gasteiger partial charge in [-0.1, -0.05) is 21.6 Å². The Hall–Kier alpha value is 0.170. The zero-order valence-electron chi connectivity index (χ0n) is 5.58. The summed E-state index contributed by atoms with van der Waals surface area (Å²) >= 11 is 0. The highest BCUT2D eigenvalue weighted by Gasteiger charge is 2.17. The first kappa shape index (κ1) is 8.27. The Morgan fingerprint density at radius 2 is 2.50 bits per heavy atom. The van der Waals surface area contributed by atoms with Crippen molar-refractivity contribution in [1.29, 1.82) is 0 Å². The molecule has 0 aromatic rings. The van der Waals surface area contributed by atoms with Crippen LogP contribution in [0.1, 0.15) is 19.3 Å². The van der Waals surface area contributed by atoms with Gasteiger partial charge in [-0.25, -0.2) is 0 Å². The van der Waals surface area contributed by atoms with Crippen LogP contribution in [-0.2, 0) is 4.79 Å². The van der Waals surface area contributed by atoms with Crippen LogP contribution in [0.2, 0.25) is 0 Å². The predicted octanol–water partition coefficient (Wildman–Crippen LogP) is 2.00. The molecule has 0 spiro atoms. The molecule has 1 N–H and O–H groups in total. The predicted molar refractivity (Wildman–Crippen MR) is 45.3 cm³/mol. The van der Waals surface area contributed by atoms with E-state index in [1.54, 1.807) is 21.6 Å². The molecule has 1 saturated heterocycles. The lowest BCUT2D eigenvalue weighted by molar-refractivity contribution is -0.136. The molecule has 0 saturated carbocycles. The monoisotopic (exact) mass is 178 g/mol. The van der Waals surface area contributed by atoms with Gasteiger partial charge in [0.25, 0.3) is 0 Å². The highest BCUT2D eigenvalue weighted by molar-refractivity contribution is 8.77. The van der Waals surface area contributed by atoms with E-state index in [0.717, 1.165) is 6.42 Å². The summed E-state index contributed by atoms with van der Waals surface area (Å²) in [6, 6.07) is 0. The van der Waals surface area contributed by atoms with Crippen molar-refractivity contribution in [2.75, 3.05) is 5.75 Å². The van der Waals surface area contributed by atoms with Crippen LogP contribution in [0.15, 0.2) is 0 Å². The molecule has 0 aromatic heterocycles. The van der Waals surface area contributed by atoms with E-state index in [0.29, 0.717) is 11.7 Å². The van der Waals surface area contributed by atoms with Crippen LogP contribution in [0.25, 0.3) is 0 Å². The maximum absolute atomic E-state index is 10.2. The standard InChI is InChI=1S/C6H10O2S2/c7-6(8)4-5-2-1-3-9-10-5/h5H,1-4H2,(H,7,8). The number of carboxylic acids is 1. The molecule has 4 heteroatoms. The van der Waals surface area contributed by atoms with E-state index < -0.39 is 5.97 Å². The molecule has 1 aliphatic rings. The molecule has 0 aliphatic carbocycles. The van der Waals surface area contributed by atoms with E-state index in [1.807, 2.05) is 0 Å². The van der Waals surface area contributed by atoms with Gasteiger partial charge in [-0.15, -0.1) is 0 Å². The van der Waals surface area contributed by atoms with E-state index >= 15 is 0 Å². The fourth-order valence-corrected chi connectivity index (χ4v) is 3.65. The Bertz CT molecular complexity index is 121. The SMILES string of the molecule is O=C(O)CC1CCCSS1. The van der Waals surface area contributed by atoms with Gasteiger partial charge in [0.05, 0.1) is 6.42 Å². The minimum Gasteiger partial charge on any atom is -0.481 e. The molecule has 1 aliphatic heterocycles. The average molecular weight is 178 g/mol. The number of rotatable bonds is 2. The Morgan fingerprint density at radius 3 is 3.00 bits per heavy atom. The molecule has 1 rings (SSSR count). The average Bonchev–Trinajstić information content (AvgIpc) is 1.88. The van der Waals surface area contributed by atoms with E-state index in [4.69, 9.17) is 5.11 Å². The second-order valence-corrected chi connectivity index (χ2v) is 5.07. The fourth-order valence-electron chi connectivity index (χ4n) is 0.893. The van der Waals surface area contributed by atoms with Gasteiger partial charge in [-0.2, -0.15) is 0 Å². The van der Waals surface area contributed by atoms with Gasteiger partial charge in [-0.05, 0) is 12.8 Å². The summed E-state index contributed by atoms with van der Waals surface area (Å²) < 4.78 is 0. The third-order valence-corrected chi connectivity index (χ3v) is 4.35. The van der Waals surface area contributed by atoms with Crippen LogP contribution in [-0.4, -0.2) is 22.1 Å². The largest absolute Gasteiger partial charge is 0.481 e. The minimum absolute atomic E-state index is 0.331. The maximum atomic E-state index is 10.2. The third kappa shape index (κ3) is 2.84. The van der Waals surface area contributed by atoms with Gasteiger partial charge in [-0.3, -0.25) is 4.79 Å². The first-order chi connectivity index (χ1) is 4.79. The highest BCUT2D eigenvalue weighted by Crippen LogP contribution is 2.37. The summed E-state index contributed by atoms with van der Waals surface area (Å²) in [5.41, 5.74) is 0. The number of hydrogen-bond donors (Lipinski definition) is 1. The Balaban J connectivity index is 2.19. The first-order valence-corrected chi connectivity index (χ1v) is 5.67. The summed E-state index contributed by atoms with van der Waals surface area (Å²) in [6.07, 6.45) is 2.58.